The molecule has 114 valence electrons. The van der Waals surface area contributed by atoms with Crippen molar-refractivity contribution in [1.82, 2.24) is 0 Å². The van der Waals surface area contributed by atoms with Crippen molar-refractivity contribution < 1.29 is 8.95 Å². The van der Waals surface area contributed by atoms with Crippen molar-refractivity contribution in [3.63, 3.8) is 0 Å². The third-order valence-electron chi connectivity index (χ3n) is 4.33. The van der Waals surface area contributed by atoms with Gasteiger partial charge in [0.2, 0.25) is 0 Å². The average Bonchev–Trinajstić information content (AvgIpc) is 2.54. The van der Waals surface area contributed by atoms with Crippen molar-refractivity contribution >= 4 is 10.8 Å². The van der Waals surface area contributed by atoms with Crippen LogP contribution in [0.25, 0.3) is 0 Å². The standard InChI is InChI=1S/C17H23NO2S/c1-3-4-13-5-6-14(12-18)17(11-13)21(19)16-9-7-15(20-2)8-10-16/h7-10,13-14,17H,3-6,11H2,1-2H3. The number of hydrogen-bond acceptors (Lipinski definition) is 3. The average molecular weight is 305 g/mol. The minimum absolute atomic E-state index is 0.0336. The van der Waals surface area contributed by atoms with Crippen molar-refractivity contribution in [1.29, 1.82) is 5.26 Å². The molecule has 4 atom stereocenters. The summed E-state index contributed by atoms with van der Waals surface area (Å²) < 4.78 is 18.0. The highest BCUT2D eigenvalue weighted by Crippen LogP contribution is 2.36. The zero-order valence-corrected chi connectivity index (χ0v) is 13.6. The molecule has 0 heterocycles. The summed E-state index contributed by atoms with van der Waals surface area (Å²) in [6.07, 6.45) is 5.22. The Hall–Kier alpha value is -1.34. The van der Waals surface area contributed by atoms with Crippen LogP contribution in [0.4, 0.5) is 0 Å². The summed E-state index contributed by atoms with van der Waals surface area (Å²) in [6, 6.07) is 9.75. The predicted octanol–water partition coefficient (Wildman–Crippen LogP) is 3.91. The lowest BCUT2D eigenvalue weighted by Crippen LogP contribution is -2.32. The van der Waals surface area contributed by atoms with Gasteiger partial charge in [-0.3, -0.25) is 4.21 Å². The van der Waals surface area contributed by atoms with Crippen LogP contribution in [0.15, 0.2) is 29.2 Å². The van der Waals surface area contributed by atoms with Gasteiger partial charge in [0, 0.05) is 4.90 Å². The molecule has 4 unspecified atom stereocenters. The molecule has 0 aromatic heterocycles. The second kappa shape index (κ2) is 7.61. The molecule has 0 aliphatic heterocycles. The monoisotopic (exact) mass is 305 g/mol. The number of benzene rings is 1. The molecule has 0 spiro atoms. The van der Waals surface area contributed by atoms with E-state index in [0.29, 0.717) is 5.92 Å². The second-order valence-corrected chi connectivity index (χ2v) is 7.39. The van der Waals surface area contributed by atoms with Gasteiger partial charge in [0.05, 0.1) is 35.1 Å². The highest BCUT2D eigenvalue weighted by molar-refractivity contribution is 7.85. The maximum Gasteiger partial charge on any atom is 0.118 e. The largest absolute Gasteiger partial charge is 0.497 e. The maximum atomic E-state index is 12.8. The third-order valence-corrected chi connectivity index (χ3v) is 6.14. The first kappa shape index (κ1) is 16.0. The SMILES string of the molecule is CCCC1CCC(C#N)C(S(=O)c2ccc(OC)cc2)C1. The van der Waals surface area contributed by atoms with Crippen LogP contribution in [0, 0.1) is 23.2 Å². The summed E-state index contributed by atoms with van der Waals surface area (Å²) >= 11 is 0. The van der Waals surface area contributed by atoms with Gasteiger partial charge in [-0.05, 0) is 49.4 Å². The Kier molecular flexibility index (Phi) is 5.81. The zero-order valence-electron chi connectivity index (χ0n) is 12.7. The molecule has 0 radical (unpaired) electrons. The van der Waals surface area contributed by atoms with Crippen LogP contribution in [-0.2, 0) is 10.8 Å². The molecular formula is C17H23NO2S. The minimum atomic E-state index is -1.11. The summed E-state index contributed by atoms with van der Waals surface area (Å²) in [7, 11) is 0.507. The summed E-state index contributed by atoms with van der Waals surface area (Å²) in [4.78, 5) is 0.804. The predicted molar refractivity (Wildman–Crippen MR) is 84.5 cm³/mol. The topological polar surface area (TPSA) is 50.1 Å². The van der Waals surface area contributed by atoms with Gasteiger partial charge in [0.1, 0.15) is 5.75 Å². The molecule has 0 saturated heterocycles. The normalized spacial score (nSPS) is 26.8. The first-order valence-electron chi connectivity index (χ1n) is 7.63. The van der Waals surface area contributed by atoms with Crippen molar-refractivity contribution in [3.05, 3.63) is 24.3 Å². The summed E-state index contributed by atoms with van der Waals surface area (Å²) in [5.41, 5.74) is 0. The molecule has 1 aromatic carbocycles. The van der Waals surface area contributed by atoms with E-state index in [9.17, 15) is 9.47 Å². The van der Waals surface area contributed by atoms with E-state index in [-0.39, 0.29) is 11.2 Å². The molecule has 1 fully saturated rings. The van der Waals surface area contributed by atoms with E-state index in [4.69, 9.17) is 4.74 Å². The Balaban J connectivity index is 2.15. The Morgan fingerprint density at radius 1 is 1.33 bits per heavy atom. The number of nitriles is 1. The third kappa shape index (κ3) is 3.85. The van der Waals surface area contributed by atoms with Crippen LogP contribution < -0.4 is 4.74 Å². The molecule has 4 heteroatoms. The number of rotatable bonds is 5. The van der Waals surface area contributed by atoms with Crippen LogP contribution in [0.3, 0.4) is 0 Å². The zero-order chi connectivity index (χ0) is 15.2. The van der Waals surface area contributed by atoms with Crippen LogP contribution >= 0.6 is 0 Å². The van der Waals surface area contributed by atoms with Gasteiger partial charge < -0.3 is 4.74 Å². The van der Waals surface area contributed by atoms with Gasteiger partial charge in [0.15, 0.2) is 0 Å². The molecule has 2 rings (SSSR count). The van der Waals surface area contributed by atoms with Crippen LogP contribution in [0.5, 0.6) is 5.75 Å². The molecule has 0 amide bonds. The van der Waals surface area contributed by atoms with Gasteiger partial charge >= 0.3 is 0 Å². The van der Waals surface area contributed by atoms with E-state index in [1.807, 2.05) is 24.3 Å². The molecule has 1 saturated carbocycles. The van der Waals surface area contributed by atoms with Crippen molar-refractivity contribution in [2.24, 2.45) is 11.8 Å². The molecule has 1 aromatic rings. The minimum Gasteiger partial charge on any atom is -0.497 e. The lowest BCUT2D eigenvalue weighted by atomic mass is 9.80. The Morgan fingerprint density at radius 2 is 2.05 bits per heavy atom. The first-order chi connectivity index (χ1) is 10.2. The Labute approximate surface area is 129 Å². The van der Waals surface area contributed by atoms with Crippen LogP contribution in [0.1, 0.15) is 39.0 Å². The second-order valence-electron chi connectivity index (χ2n) is 5.71. The number of ether oxygens (including phenoxy) is 1. The molecular weight excluding hydrogens is 282 g/mol. The molecule has 3 nitrogen and oxygen atoms in total. The summed E-state index contributed by atoms with van der Waals surface area (Å²) in [5, 5.41) is 9.32. The molecule has 0 bridgehead atoms. The van der Waals surface area contributed by atoms with E-state index in [1.54, 1.807) is 7.11 Å². The summed E-state index contributed by atoms with van der Waals surface area (Å²) in [6.45, 7) is 2.19. The maximum absolute atomic E-state index is 12.8. The molecule has 0 N–H and O–H groups in total. The van der Waals surface area contributed by atoms with Crippen molar-refractivity contribution in [2.75, 3.05) is 7.11 Å². The van der Waals surface area contributed by atoms with Gasteiger partial charge in [-0.2, -0.15) is 5.26 Å². The van der Waals surface area contributed by atoms with Crippen LogP contribution in [0.2, 0.25) is 0 Å². The molecule has 1 aliphatic carbocycles. The van der Waals surface area contributed by atoms with Gasteiger partial charge in [-0.1, -0.05) is 19.8 Å². The van der Waals surface area contributed by atoms with Gasteiger partial charge in [0.25, 0.3) is 0 Å². The number of methoxy groups -OCH3 is 1. The fourth-order valence-corrected chi connectivity index (χ4v) is 4.85. The quantitative estimate of drug-likeness (QED) is 0.828. The Bertz CT molecular complexity index is 521. The smallest absolute Gasteiger partial charge is 0.118 e. The Morgan fingerprint density at radius 3 is 2.62 bits per heavy atom. The van der Waals surface area contributed by atoms with Crippen molar-refractivity contribution in [3.8, 4) is 11.8 Å². The van der Waals surface area contributed by atoms with Gasteiger partial charge in [-0.15, -0.1) is 0 Å². The van der Waals surface area contributed by atoms with E-state index < -0.39 is 10.8 Å². The van der Waals surface area contributed by atoms with Gasteiger partial charge in [-0.25, -0.2) is 0 Å². The molecule has 1 aliphatic rings. The first-order valence-corrected chi connectivity index (χ1v) is 8.85. The highest BCUT2D eigenvalue weighted by atomic mass is 32.2. The van der Waals surface area contributed by atoms with E-state index in [0.717, 1.165) is 36.3 Å². The fraction of sp³-hybridized carbons (Fsp3) is 0.588. The lowest BCUT2D eigenvalue weighted by Gasteiger charge is -2.32. The van der Waals surface area contributed by atoms with Crippen LogP contribution in [-0.4, -0.2) is 16.6 Å². The summed E-state index contributed by atoms with van der Waals surface area (Å²) in [5.74, 6) is 1.30. The van der Waals surface area contributed by atoms with E-state index in [1.165, 1.54) is 6.42 Å². The van der Waals surface area contributed by atoms with Crippen molar-refractivity contribution in [2.45, 2.75) is 49.2 Å². The lowest BCUT2D eigenvalue weighted by molar-refractivity contribution is 0.303. The molecule has 21 heavy (non-hydrogen) atoms. The van der Waals surface area contributed by atoms with E-state index >= 15 is 0 Å². The highest BCUT2D eigenvalue weighted by Gasteiger charge is 2.34. The van der Waals surface area contributed by atoms with E-state index in [2.05, 4.69) is 13.0 Å². The fourth-order valence-electron chi connectivity index (χ4n) is 3.15. The number of hydrogen-bond donors (Lipinski definition) is 0. The number of nitrogens with zero attached hydrogens (tertiary/aromatic N) is 1.